The molecule has 0 rings (SSSR count). The Balaban J connectivity index is 3.98. The Kier molecular flexibility index (Phi) is 3.80. The van der Waals surface area contributed by atoms with Crippen LogP contribution in [0, 0.1) is 0 Å². The predicted molar refractivity (Wildman–Crippen MR) is 37.1 cm³/mol. The van der Waals surface area contributed by atoms with Crippen LogP contribution < -0.4 is 0 Å². The molecular weight excluding hydrogens is 148 g/mol. The van der Waals surface area contributed by atoms with Crippen LogP contribution in [0.2, 0.25) is 0 Å². The smallest absolute Gasteiger partial charge is 0.372 e. The van der Waals surface area contributed by atoms with Gasteiger partial charge >= 0.3 is 5.97 Å². The second kappa shape index (κ2) is 4.38. The molecule has 0 unspecified atom stereocenters. The maximum atomic E-state index is 10.4. The van der Waals surface area contributed by atoms with E-state index in [1.807, 2.05) is 0 Å². The first-order valence-corrected chi connectivity index (χ1v) is 2.96. The van der Waals surface area contributed by atoms with E-state index in [1.165, 1.54) is 13.0 Å². The second-order valence-corrected chi connectivity index (χ2v) is 2.00. The minimum atomic E-state index is -1.47. The molecule has 0 fully saturated rings. The van der Waals surface area contributed by atoms with Crippen molar-refractivity contribution in [2.75, 3.05) is 0 Å². The van der Waals surface area contributed by atoms with Crippen LogP contribution in [0.4, 0.5) is 0 Å². The lowest BCUT2D eigenvalue weighted by molar-refractivity contribution is -0.148. The van der Waals surface area contributed by atoms with Gasteiger partial charge in [0.1, 0.15) is 6.29 Å². The van der Waals surface area contributed by atoms with Gasteiger partial charge in [0.15, 0.2) is 0 Å². The van der Waals surface area contributed by atoms with Gasteiger partial charge in [-0.05, 0) is 12.5 Å². The summed E-state index contributed by atoms with van der Waals surface area (Å²) in [4.78, 5) is 30.3. The molecule has 0 aromatic carbocycles. The number of hydrogen-bond donors (Lipinski definition) is 1. The van der Waals surface area contributed by atoms with Crippen LogP contribution in [0.25, 0.3) is 0 Å². The Morgan fingerprint density at radius 1 is 1.45 bits per heavy atom. The molecule has 0 radical (unpaired) electrons. The summed E-state index contributed by atoms with van der Waals surface area (Å²) in [6.45, 7) is 1.50. The Hall–Kier alpha value is -1.45. The van der Waals surface area contributed by atoms with Crippen molar-refractivity contribution in [2.45, 2.75) is 13.3 Å². The molecule has 1 N–H and O–H groups in total. The highest BCUT2D eigenvalue weighted by atomic mass is 16.4. The number of Topliss-reactive ketones (excluding diaryl/α,β-unsaturated/α-hetero) is 1. The molecule has 0 aliphatic rings. The standard InChI is InChI=1S/C7H8O4/c1-5(4-8)2-3-6(9)7(10)11/h2,4H,3H2,1H3,(H,10,11). The SMILES string of the molecule is CC(C=O)=CCC(=O)C(=O)O. The van der Waals surface area contributed by atoms with Gasteiger partial charge in [-0.1, -0.05) is 6.08 Å². The first-order valence-electron chi connectivity index (χ1n) is 2.96. The molecule has 0 aliphatic heterocycles. The summed E-state index contributed by atoms with van der Waals surface area (Å²) in [6, 6.07) is 0. The topological polar surface area (TPSA) is 71.4 Å². The summed E-state index contributed by atoms with van der Waals surface area (Å²) in [5.41, 5.74) is 0.361. The highest BCUT2D eigenvalue weighted by Crippen LogP contribution is 1.92. The number of carboxylic acids is 1. The number of aldehydes is 1. The lowest BCUT2D eigenvalue weighted by atomic mass is 10.2. The second-order valence-electron chi connectivity index (χ2n) is 2.00. The molecule has 0 aromatic heterocycles. The summed E-state index contributed by atoms with van der Waals surface area (Å²) in [5, 5.41) is 8.10. The summed E-state index contributed by atoms with van der Waals surface area (Å²) in [7, 11) is 0. The zero-order valence-electron chi connectivity index (χ0n) is 6.03. The van der Waals surface area contributed by atoms with Crippen molar-refractivity contribution >= 4 is 18.0 Å². The number of carbonyl (C=O) groups excluding carboxylic acids is 2. The van der Waals surface area contributed by atoms with Crippen molar-refractivity contribution in [1.29, 1.82) is 0 Å². The van der Waals surface area contributed by atoms with Crippen molar-refractivity contribution < 1.29 is 19.5 Å². The van der Waals surface area contributed by atoms with E-state index in [-0.39, 0.29) is 6.42 Å². The van der Waals surface area contributed by atoms with Gasteiger partial charge < -0.3 is 5.11 Å². The third-order valence-corrected chi connectivity index (χ3v) is 1.03. The Bertz CT molecular complexity index is 214. The fraction of sp³-hybridized carbons (Fsp3) is 0.286. The van der Waals surface area contributed by atoms with Crippen LogP contribution in [-0.2, 0) is 14.4 Å². The molecule has 0 bridgehead atoms. The van der Waals surface area contributed by atoms with Gasteiger partial charge in [0.2, 0.25) is 5.78 Å². The third kappa shape index (κ3) is 4.02. The zero-order chi connectivity index (χ0) is 8.85. The summed E-state index contributed by atoms with van der Waals surface area (Å²) >= 11 is 0. The van der Waals surface area contributed by atoms with Gasteiger partial charge in [0, 0.05) is 6.42 Å². The van der Waals surface area contributed by atoms with Crippen molar-refractivity contribution in [2.24, 2.45) is 0 Å². The average molecular weight is 156 g/mol. The molecule has 0 aliphatic carbocycles. The maximum Gasteiger partial charge on any atom is 0.372 e. The molecule has 0 saturated heterocycles. The number of rotatable bonds is 4. The van der Waals surface area contributed by atoms with E-state index in [2.05, 4.69) is 0 Å². The van der Waals surface area contributed by atoms with E-state index in [1.54, 1.807) is 0 Å². The van der Waals surface area contributed by atoms with Crippen molar-refractivity contribution in [3.05, 3.63) is 11.6 Å². The van der Waals surface area contributed by atoms with Crippen molar-refractivity contribution in [3.63, 3.8) is 0 Å². The molecule has 0 atom stereocenters. The summed E-state index contributed by atoms with van der Waals surface area (Å²) < 4.78 is 0. The Morgan fingerprint density at radius 3 is 2.36 bits per heavy atom. The lowest BCUT2D eigenvalue weighted by Gasteiger charge is -1.87. The fourth-order valence-corrected chi connectivity index (χ4v) is 0.389. The van der Waals surface area contributed by atoms with Gasteiger partial charge in [-0.3, -0.25) is 9.59 Å². The zero-order valence-corrected chi connectivity index (χ0v) is 6.03. The van der Waals surface area contributed by atoms with Crippen LogP contribution >= 0.6 is 0 Å². The molecule has 0 heterocycles. The Morgan fingerprint density at radius 2 is 2.00 bits per heavy atom. The molecule has 60 valence electrons. The highest BCUT2D eigenvalue weighted by molar-refractivity contribution is 6.33. The number of allylic oxidation sites excluding steroid dienone is 2. The van der Waals surface area contributed by atoms with E-state index in [0.717, 1.165) is 0 Å². The van der Waals surface area contributed by atoms with Crippen LogP contribution in [0.5, 0.6) is 0 Å². The first-order chi connectivity index (χ1) is 5.07. The summed E-state index contributed by atoms with van der Waals surface area (Å²) in [6.07, 6.45) is 1.62. The molecule has 4 heteroatoms. The highest BCUT2D eigenvalue weighted by Gasteiger charge is 2.08. The molecule has 0 aromatic rings. The average Bonchev–Trinajstić information content (AvgIpc) is 1.99. The van der Waals surface area contributed by atoms with E-state index in [0.29, 0.717) is 11.9 Å². The van der Waals surface area contributed by atoms with Crippen LogP contribution in [0.15, 0.2) is 11.6 Å². The normalized spacial score (nSPS) is 10.8. The fourth-order valence-electron chi connectivity index (χ4n) is 0.389. The molecule has 4 nitrogen and oxygen atoms in total. The predicted octanol–water partition coefficient (Wildman–Crippen LogP) is 0.175. The van der Waals surface area contributed by atoms with E-state index < -0.39 is 11.8 Å². The monoisotopic (exact) mass is 156 g/mol. The molecular formula is C7H8O4. The van der Waals surface area contributed by atoms with Crippen molar-refractivity contribution in [1.82, 2.24) is 0 Å². The minimum absolute atomic E-state index is 0.222. The molecule has 0 amide bonds. The molecule has 11 heavy (non-hydrogen) atoms. The third-order valence-electron chi connectivity index (χ3n) is 1.03. The van der Waals surface area contributed by atoms with Crippen molar-refractivity contribution in [3.8, 4) is 0 Å². The number of carbonyl (C=O) groups is 3. The Labute approximate surface area is 63.5 Å². The number of hydrogen-bond acceptors (Lipinski definition) is 3. The largest absolute Gasteiger partial charge is 0.475 e. The first kappa shape index (κ1) is 9.55. The maximum absolute atomic E-state index is 10.4. The number of aliphatic carboxylic acids is 1. The van der Waals surface area contributed by atoms with E-state index in [4.69, 9.17) is 5.11 Å². The number of ketones is 1. The van der Waals surface area contributed by atoms with E-state index >= 15 is 0 Å². The summed E-state index contributed by atoms with van der Waals surface area (Å²) in [5.74, 6) is -2.38. The van der Waals surface area contributed by atoms with Gasteiger partial charge in [-0.25, -0.2) is 4.79 Å². The van der Waals surface area contributed by atoms with Gasteiger partial charge in [0.25, 0.3) is 0 Å². The van der Waals surface area contributed by atoms with Gasteiger partial charge in [-0.15, -0.1) is 0 Å². The van der Waals surface area contributed by atoms with Gasteiger partial charge in [0.05, 0.1) is 0 Å². The van der Waals surface area contributed by atoms with E-state index in [9.17, 15) is 14.4 Å². The van der Waals surface area contributed by atoms with Crippen LogP contribution in [0.3, 0.4) is 0 Å². The molecule has 0 spiro atoms. The van der Waals surface area contributed by atoms with Gasteiger partial charge in [-0.2, -0.15) is 0 Å². The molecule has 0 saturated carbocycles. The number of carboxylic acid groups (broad SMARTS) is 1. The quantitative estimate of drug-likeness (QED) is 0.358. The van der Waals surface area contributed by atoms with Crippen LogP contribution in [-0.4, -0.2) is 23.1 Å². The minimum Gasteiger partial charge on any atom is -0.475 e. The van der Waals surface area contributed by atoms with Crippen LogP contribution in [0.1, 0.15) is 13.3 Å². The lowest BCUT2D eigenvalue weighted by Crippen LogP contribution is -2.10.